The topological polar surface area (TPSA) is 64.8 Å². The molecule has 5 heteroatoms. The van der Waals surface area contributed by atoms with Gasteiger partial charge in [-0.25, -0.2) is 0 Å². The first kappa shape index (κ1) is 18.4. The van der Waals surface area contributed by atoms with Gasteiger partial charge in [0.15, 0.2) is 0 Å². The number of benzene rings is 1. The molecule has 2 N–H and O–H groups in total. The minimum absolute atomic E-state index is 0.0163. The molecule has 0 aromatic heterocycles. The Morgan fingerprint density at radius 3 is 2.60 bits per heavy atom. The summed E-state index contributed by atoms with van der Waals surface area (Å²) >= 11 is 0. The van der Waals surface area contributed by atoms with Gasteiger partial charge in [-0.3, -0.25) is 4.79 Å². The highest BCUT2D eigenvalue weighted by atomic mass is 16.5. The van der Waals surface area contributed by atoms with Gasteiger partial charge in [0, 0.05) is 25.0 Å². The van der Waals surface area contributed by atoms with Gasteiger partial charge in [-0.1, -0.05) is 44.2 Å². The molecule has 1 saturated heterocycles. The number of nitrogens with two attached hydrogens (primary N) is 1. The van der Waals surface area contributed by atoms with Crippen molar-refractivity contribution in [3.05, 3.63) is 35.9 Å². The van der Waals surface area contributed by atoms with Crippen LogP contribution in [-0.2, 0) is 14.3 Å². The van der Waals surface area contributed by atoms with Gasteiger partial charge >= 0.3 is 0 Å². The van der Waals surface area contributed by atoms with Crippen LogP contribution in [0.4, 0.5) is 0 Å². The van der Waals surface area contributed by atoms with Crippen LogP contribution in [0.5, 0.6) is 0 Å². The molecule has 0 bridgehead atoms. The van der Waals surface area contributed by atoms with Gasteiger partial charge in [0.25, 0.3) is 0 Å². The maximum Gasteiger partial charge on any atom is 0.243 e. The number of rotatable bonds is 4. The number of hydrogen-bond donors (Lipinski definition) is 1. The monoisotopic (exact) mass is 346 g/mol. The number of morpholine rings is 1. The van der Waals surface area contributed by atoms with Crippen LogP contribution < -0.4 is 5.73 Å². The number of nitrogens with zero attached hydrogens (tertiary/aromatic N) is 1. The Morgan fingerprint density at radius 1 is 1.32 bits per heavy atom. The van der Waals surface area contributed by atoms with Crippen molar-refractivity contribution in [1.29, 1.82) is 0 Å². The van der Waals surface area contributed by atoms with E-state index in [-0.39, 0.29) is 29.6 Å². The summed E-state index contributed by atoms with van der Waals surface area (Å²) in [6.45, 7) is 9.82. The molecule has 1 aromatic rings. The maximum absolute atomic E-state index is 13.3. The Kier molecular flexibility index (Phi) is 4.93. The lowest BCUT2D eigenvalue weighted by Gasteiger charge is -2.59. The average Bonchev–Trinajstić information content (AvgIpc) is 2.61. The number of amides is 1. The van der Waals surface area contributed by atoms with Crippen LogP contribution in [0, 0.1) is 5.41 Å². The van der Waals surface area contributed by atoms with E-state index in [2.05, 4.69) is 0 Å². The van der Waals surface area contributed by atoms with Crippen molar-refractivity contribution < 1.29 is 14.3 Å². The number of hydrogen-bond acceptors (Lipinski definition) is 4. The molecule has 5 nitrogen and oxygen atoms in total. The van der Waals surface area contributed by atoms with Crippen molar-refractivity contribution in [3.63, 3.8) is 0 Å². The predicted octanol–water partition coefficient (Wildman–Crippen LogP) is 2.51. The van der Waals surface area contributed by atoms with Crippen LogP contribution in [0.3, 0.4) is 0 Å². The average molecular weight is 346 g/mol. The van der Waals surface area contributed by atoms with Gasteiger partial charge in [0.05, 0.1) is 18.8 Å². The molecule has 0 spiro atoms. The van der Waals surface area contributed by atoms with Gasteiger partial charge in [-0.05, 0) is 19.4 Å². The Morgan fingerprint density at radius 2 is 2.00 bits per heavy atom. The smallest absolute Gasteiger partial charge is 0.243 e. The minimum atomic E-state index is -0.870. The van der Waals surface area contributed by atoms with Crippen LogP contribution in [-0.4, -0.2) is 48.3 Å². The lowest BCUT2D eigenvalue weighted by atomic mass is 9.54. The summed E-state index contributed by atoms with van der Waals surface area (Å²) in [6, 6.07) is 10.1. The summed E-state index contributed by atoms with van der Waals surface area (Å²) in [6.07, 6.45) is 0.490. The SMILES string of the molecule is CCOC1CC(N)(C(=O)N2CC(C)OC(c3ccccc3)C2)C1(C)C. The van der Waals surface area contributed by atoms with Crippen molar-refractivity contribution >= 4 is 5.91 Å². The summed E-state index contributed by atoms with van der Waals surface area (Å²) in [4.78, 5) is 15.2. The van der Waals surface area contributed by atoms with Gasteiger partial charge < -0.3 is 20.1 Å². The Balaban J connectivity index is 1.76. The van der Waals surface area contributed by atoms with Crippen molar-refractivity contribution in [2.45, 2.75) is 58.0 Å². The molecule has 4 unspecified atom stereocenters. The molecule has 0 radical (unpaired) electrons. The summed E-state index contributed by atoms with van der Waals surface area (Å²) in [5, 5.41) is 0. The highest BCUT2D eigenvalue weighted by Gasteiger charge is 2.64. The molecule has 138 valence electrons. The normalized spacial score (nSPS) is 34.4. The van der Waals surface area contributed by atoms with E-state index in [0.717, 1.165) is 5.56 Å². The first-order valence-corrected chi connectivity index (χ1v) is 9.20. The largest absolute Gasteiger partial charge is 0.378 e. The van der Waals surface area contributed by atoms with Gasteiger partial charge in [-0.2, -0.15) is 0 Å². The molecular weight excluding hydrogens is 316 g/mol. The van der Waals surface area contributed by atoms with E-state index in [9.17, 15) is 4.79 Å². The molecule has 1 aliphatic heterocycles. The lowest BCUT2D eigenvalue weighted by Crippen LogP contribution is -2.76. The summed E-state index contributed by atoms with van der Waals surface area (Å²) < 4.78 is 11.8. The highest BCUT2D eigenvalue weighted by molar-refractivity contribution is 5.89. The zero-order valence-corrected chi connectivity index (χ0v) is 15.7. The zero-order valence-electron chi connectivity index (χ0n) is 15.7. The van der Waals surface area contributed by atoms with E-state index in [1.165, 1.54) is 0 Å². The van der Waals surface area contributed by atoms with E-state index < -0.39 is 5.54 Å². The Bertz CT molecular complexity index is 619. The third-order valence-corrected chi connectivity index (χ3v) is 5.93. The van der Waals surface area contributed by atoms with E-state index in [4.69, 9.17) is 15.2 Å². The third-order valence-electron chi connectivity index (χ3n) is 5.93. The molecule has 1 heterocycles. The van der Waals surface area contributed by atoms with Crippen molar-refractivity contribution in [1.82, 2.24) is 4.90 Å². The highest BCUT2D eigenvalue weighted by Crippen LogP contribution is 2.51. The van der Waals surface area contributed by atoms with E-state index in [1.807, 2.05) is 62.9 Å². The van der Waals surface area contributed by atoms with Crippen molar-refractivity contribution in [2.75, 3.05) is 19.7 Å². The first-order chi connectivity index (χ1) is 11.8. The van der Waals surface area contributed by atoms with Crippen LogP contribution >= 0.6 is 0 Å². The lowest BCUT2D eigenvalue weighted by molar-refractivity contribution is -0.187. The summed E-state index contributed by atoms with van der Waals surface area (Å²) in [5.74, 6) is 0.0181. The van der Waals surface area contributed by atoms with Crippen LogP contribution in [0.15, 0.2) is 30.3 Å². The van der Waals surface area contributed by atoms with Crippen LogP contribution in [0.25, 0.3) is 0 Å². The van der Waals surface area contributed by atoms with E-state index in [1.54, 1.807) is 0 Å². The second-order valence-corrected chi connectivity index (χ2v) is 7.90. The zero-order chi connectivity index (χ0) is 18.2. The number of carbonyl (C=O) groups excluding carboxylic acids is 1. The molecule has 2 fully saturated rings. The van der Waals surface area contributed by atoms with Crippen molar-refractivity contribution in [2.24, 2.45) is 11.1 Å². The fourth-order valence-electron chi connectivity index (χ4n) is 4.05. The van der Waals surface area contributed by atoms with Gasteiger partial charge in [0.1, 0.15) is 11.6 Å². The maximum atomic E-state index is 13.3. The fourth-order valence-corrected chi connectivity index (χ4v) is 4.05. The summed E-state index contributed by atoms with van der Waals surface area (Å²) in [5.41, 5.74) is 6.45. The fraction of sp³-hybridized carbons (Fsp3) is 0.650. The van der Waals surface area contributed by atoms with Crippen LogP contribution in [0.2, 0.25) is 0 Å². The molecular formula is C20H30N2O3. The second-order valence-electron chi connectivity index (χ2n) is 7.90. The Hall–Kier alpha value is -1.43. The molecule has 2 aliphatic rings. The summed E-state index contributed by atoms with van der Waals surface area (Å²) in [7, 11) is 0. The van der Waals surface area contributed by atoms with E-state index in [0.29, 0.717) is 26.1 Å². The molecule has 25 heavy (non-hydrogen) atoms. The van der Waals surface area contributed by atoms with E-state index >= 15 is 0 Å². The molecule has 1 aliphatic carbocycles. The Labute approximate surface area is 150 Å². The van der Waals surface area contributed by atoms with Gasteiger partial charge in [-0.15, -0.1) is 0 Å². The molecule has 1 amide bonds. The minimum Gasteiger partial charge on any atom is -0.378 e. The molecule has 1 aromatic carbocycles. The second kappa shape index (κ2) is 6.71. The standard InChI is InChI=1S/C20H30N2O3/c1-5-24-17-11-20(21,19(17,3)4)18(23)22-12-14(2)25-16(13-22)15-9-7-6-8-10-15/h6-10,14,16-17H,5,11-13,21H2,1-4H3. The third kappa shape index (κ3) is 3.09. The predicted molar refractivity (Wildman–Crippen MR) is 97.0 cm³/mol. The van der Waals surface area contributed by atoms with Crippen LogP contribution in [0.1, 0.15) is 45.8 Å². The first-order valence-electron chi connectivity index (χ1n) is 9.20. The van der Waals surface area contributed by atoms with Crippen molar-refractivity contribution in [3.8, 4) is 0 Å². The molecule has 4 atom stereocenters. The number of carbonyl (C=O) groups is 1. The van der Waals surface area contributed by atoms with Gasteiger partial charge in [0.2, 0.25) is 5.91 Å². The molecule has 1 saturated carbocycles. The molecule has 3 rings (SSSR count). The quantitative estimate of drug-likeness (QED) is 0.910. The number of ether oxygens (including phenoxy) is 2.